The van der Waals surface area contributed by atoms with Crippen LogP contribution in [0.15, 0.2) is 54.6 Å². The van der Waals surface area contributed by atoms with Gasteiger partial charge in [-0.3, -0.25) is 0 Å². The Hall–Kier alpha value is -3.97. The molecule has 7 nitrogen and oxygen atoms in total. The molecule has 0 atom stereocenters. The van der Waals surface area contributed by atoms with Crippen molar-refractivity contribution in [3.8, 4) is 11.6 Å². The second kappa shape index (κ2) is 9.59. The number of fused-ring (bicyclic) bond motifs is 1. The first-order valence-corrected chi connectivity index (χ1v) is 12.1. The molecule has 0 unspecified atom stereocenters. The fourth-order valence-electron chi connectivity index (χ4n) is 4.39. The normalized spacial score (nSPS) is 11.2. The van der Waals surface area contributed by atoms with Crippen molar-refractivity contribution in [3.05, 3.63) is 93.5 Å². The summed E-state index contributed by atoms with van der Waals surface area (Å²) in [5.74, 6) is 3.63. The van der Waals surface area contributed by atoms with Crippen molar-refractivity contribution < 1.29 is 4.74 Å². The molecule has 5 rings (SSSR count). The molecule has 0 aliphatic heterocycles. The third-order valence-electron chi connectivity index (χ3n) is 6.13. The molecule has 36 heavy (non-hydrogen) atoms. The van der Waals surface area contributed by atoms with Gasteiger partial charge in [0.05, 0.1) is 12.8 Å². The van der Waals surface area contributed by atoms with Crippen LogP contribution in [0.1, 0.15) is 33.9 Å². The van der Waals surface area contributed by atoms with E-state index in [1.54, 1.807) is 7.11 Å². The molecule has 3 heterocycles. The summed E-state index contributed by atoms with van der Waals surface area (Å²) in [7, 11) is 1.66. The molecule has 3 aromatic heterocycles. The second-order valence-corrected chi connectivity index (χ2v) is 9.28. The van der Waals surface area contributed by atoms with E-state index in [1.165, 1.54) is 0 Å². The lowest BCUT2D eigenvalue weighted by molar-refractivity contribution is 0.419. The Morgan fingerprint density at radius 1 is 0.944 bits per heavy atom. The monoisotopic (exact) mass is 498 g/mol. The van der Waals surface area contributed by atoms with Gasteiger partial charge in [-0.2, -0.15) is 9.78 Å². The number of hydrogen-bond donors (Lipinski definition) is 1. The average molecular weight is 499 g/mol. The van der Waals surface area contributed by atoms with Gasteiger partial charge in [-0.15, -0.1) is 0 Å². The van der Waals surface area contributed by atoms with Crippen molar-refractivity contribution >= 4 is 34.1 Å². The van der Waals surface area contributed by atoms with Gasteiger partial charge in [0.25, 0.3) is 0 Å². The molecule has 182 valence electrons. The van der Waals surface area contributed by atoms with Crippen LogP contribution in [-0.2, 0) is 6.42 Å². The maximum absolute atomic E-state index is 6.09. The quantitative estimate of drug-likeness (QED) is 0.290. The van der Waals surface area contributed by atoms with Crippen molar-refractivity contribution in [3.63, 3.8) is 0 Å². The van der Waals surface area contributed by atoms with Gasteiger partial charge in [-0.1, -0.05) is 35.9 Å². The molecule has 1 N–H and O–H groups in total. The van der Waals surface area contributed by atoms with E-state index in [0.29, 0.717) is 23.1 Å². The number of pyridine rings is 1. The SMILES string of the molecule is COc1cccc2c(C)cc(-n3nc(C)cc3Nc3nc(C)nc(C)c3Cc3ccc(Cl)cc3)nc12. The van der Waals surface area contributed by atoms with Crippen LogP contribution in [0.2, 0.25) is 5.02 Å². The highest BCUT2D eigenvalue weighted by Crippen LogP contribution is 2.30. The number of halogens is 1. The van der Waals surface area contributed by atoms with E-state index in [9.17, 15) is 0 Å². The largest absolute Gasteiger partial charge is 0.494 e. The van der Waals surface area contributed by atoms with Crippen LogP contribution in [0.4, 0.5) is 11.6 Å². The van der Waals surface area contributed by atoms with Crippen molar-refractivity contribution in [2.45, 2.75) is 34.1 Å². The van der Waals surface area contributed by atoms with E-state index in [-0.39, 0.29) is 0 Å². The zero-order chi connectivity index (χ0) is 25.4. The first-order chi connectivity index (χ1) is 17.3. The zero-order valence-corrected chi connectivity index (χ0v) is 21.7. The summed E-state index contributed by atoms with van der Waals surface area (Å²) in [5, 5.41) is 10.0. The number of nitrogens with zero attached hydrogens (tertiary/aromatic N) is 5. The maximum atomic E-state index is 6.09. The lowest BCUT2D eigenvalue weighted by atomic mass is 10.0. The lowest BCUT2D eigenvalue weighted by Gasteiger charge is -2.16. The molecule has 0 aliphatic carbocycles. The number of nitrogens with one attached hydrogen (secondary N) is 1. The summed E-state index contributed by atoms with van der Waals surface area (Å²) < 4.78 is 7.39. The van der Waals surface area contributed by atoms with Crippen LogP contribution in [0.3, 0.4) is 0 Å². The van der Waals surface area contributed by atoms with Crippen LogP contribution in [0.5, 0.6) is 5.75 Å². The smallest absolute Gasteiger partial charge is 0.156 e. The molecule has 0 saturated carbocycles. The van der Waals surface area contributed by atoms with Gasteiger partial charge in [0, 0.05) is 34.2 Å². The number of anilines is 2. The van der Waals surface area contributed by atoms with Gasteiger partial charge in [0.2, 0.25) is 0 Å². The molecule has 0 fully saturated rings. The highest BCUT2D eigenvalue weighted by Gasteiger charge is 2.17. The Bertz CT molecular complexity index is 1580. The Kier molecular flexibility index (Phi) is 6.33. The molecule has 8 heteroatoms. The fraction of sp³-hybridized carbons (Fsp3) is 0.214. The molecule has 0 saturated heterocycles. The van der Waals surface area contributed by atoms with E-state index in [1.807, 2.05) is 80.1 Å². The number of para-hydroxylation sites is 1. The summed E-state index contributed by atoms with van der Waals surface area (Å²) >= 11 is 6.09. The molecule has 0 aliphatic rings. The third kappa shape index (κ3) is 4.62. The minimum absolute atomic E-state index is 0.670. The number of aromatic nitrogens is 5. The predicted molar refractivity (Wildman–Crippen MR) is 144 cm³/mol. The lowest BCUT2D eigenvalue weighted by Crippen LogP contribution is -2.10. The number of methoxy groups -OCH3 is 1. The average Bonchev–Trinajstić information content (AvgIpc) is 3.22. The maximum Gasteiger partial charge on any atom is 0.156 e. The minimum Gasteiger partial charge on any atom is -0.494 e. The zero-order valence-electron chi connectivity index (χ0n) is 20.9. The van der Waals surface area contributed by atoms with E-state index < -0.39 is 0 Å². The molecule has 0 bridgehead atoms. The molecule has 0 amide bonds. The van der Waals surface area contributed by atoms with E-state index >= 15 is 0 Å². The van der Waals surface area contributed by atoms with E-state index in [4.69, 9.17) is 31.4 Å². The van der Waals surface area contributed by atoms with Crippen LogP contribution in [0.25, 0.3) is 16.7 Å². The number of benzene rings is 2. The number of ether oxygens (including phenoxy) is 1. The third-order valence-corrected chi connectivity index (χ3v) is 6.38. The Morgan fingerprint density at radius 3 is 2.47 bits per heavy atom. The summed E-state index contributed by atoms with van der Waals surface area (Å²) in [6.07, 6.45) is 0.670. The molecule has 0 radical (unpaired) electrons. The van der Waals surface area contributed by atoms with Crippen LogP contribution >= 0.6 is 11.6 Å². The van der Waals surface area contributed by atoms with Gasteiger partial charge in [0.15, 0.2) is 5.82 Å². The highest BCUT2D eigenvalue weighted by molar-refractivity contribution is 6.30. The van der Waals surface area contributed by atoms with Crippen LogP contribution in [0, 0.1) is 27.7 Å². The number of rotatable bonds is 6. The number of aryl methyl sites for hydroxylation is 4. The van der Waals surface area contributed by atoms with Gasteiger partial charge in [-0.05, 0) is 63.1 Å². The molecule has 5 aromatic rings. The second-order valence-electron chi connectivity index (χ2n) is 8.85. The Balaban J connectivity index is 1.59. The molecular weight excluding hydrogens is 472 g/mol. The highest BCUT2D eigenvalue weighted by atomic mass is 35.5. The Labute approximate surface area is 215 Å². The van der Waals surface area contributed by atoms with Crippen LogP contribution in [-0.4, -0.2) is 31.8 Å². The Morgan fingerprint density at radius 2 is 1.72 bits per heavy atom. The summed E-state index contributed by atoms with van der Waals surface area (Å²) in [5.41, 5.74) is 5.81. The molecule has 0 spiro atoms. The standard InChI is InChI=1S/C28H27ClN6O/c1-16-13-25(32-27-22(16)7-6-8-24(27)36-5)35-26(14-17(2)34-35)33-28-23(18(3)30-19(4)31-28)15-20-9-11-21(29)12-10-20/h6-14H,15H2,1-5H3,(H,30,31,33). The predicted octanol–water partition coefficient (Wildman–Crippen LogP) is 6.44. The molecule has 2 aromatic carbocycles. The van der Waals surface area contributed by atoms with E-state index in [0.717, 1.165) is 56.4 Å². The van der Waals surface area contributed by atoms with Gasteiger partial charge in [0.1, 0.15) is 28.7 Å². The summed E-state index contributed by atoms with van der Waals surface area (Å²) in [6.45, 7) is 7.93. The molecular formula is C28H27ClN6O. The summed E-state index contributed by atoms with van der Waals surface area (Å²) in [6, 6.07) is 17.8. The van der Waals surface area contributed by atoms with Gasteiger partial charge >= 0.3 is 0 Å². The first kappa shape index (κ1) is 23.8. The topological polar surface area (TPSA) is 77.8 Å². The van der Waals surface area contributed by atoms with Crippen molar-refractivity contribution in [2.75, 3.05) is 12.4 Å². The fourth-order valence-corrected chi connectivity index (χ4v) is 4.51. The number of hydrogen-bond acceptors (Lipinski definition) is 6. The first-order valence-electron chi connectivity index (χ1n) is 11.7. The van der Waals surface area contributed by atoms with Crippen molar-refractivity contribution in [1.29, 1.82) is 0 Å². The van der Waals surface area contributed by atoms with E-state index in [2.05, 4.69) is 17.2 Å². The van der Waals surface area contributed by atoms with Crippen LogP contribution < -0.4 is 10.1 Å². The van der Waals surface area contributed by atoms with Gasteiger partial charge in [-0.25, -0.2) is 15.0 Å². The van der Waals surface area contributed by atoms with Crippen molar-refractivity contribution in [1.82, 2.24) is 24.7 Å². The minimum atomic E-state index is 0.670. The van der Waals surface area contributed by atoms with Gasteiger partial charge < -0.3 is 10.1 Å². The summed E-state index contributed by atoms with van der Waals surface area (Å²) in [4.78, 5) is 14.3. The van der Waals surface area contributed by atoms with Crippen molar-refractivity contribution in [2.24, 2.45) is 0 Å².